The van der Waals surface area contributed by atoms with E-state index in [9.17, 15) is 9.90 Å². The van der Waals surface area contributed by atoms with Crippen LogP contribution >= 0.6 is 0 Å². The van der Waals surface area contributed by atoms with E-state index in [0.29, 0.717) is 6.42 Å². The van der Waals surface area contributed by atoms with Gasteiger partial charge in [0.05, 0.1) is 6.42 Å². The van der Waals surface area contributed by atoms with Crippen molar-refractivity contribution in [3.63, 3.8) is 0 Å². The number of carboxylic acid groups (broad SMARTS) is 1. The van der Waals surface area contributed by atoms with Gasteiger partial charge in [-0.05, 0) is 38.3 Å². The quantitative estimate of drug-likeness (QED) is 0.0648. The van der Waals surface area contributed by atoms with Crippen molar-refractivity contribution in [2.45, 2.75) is 271 Å². The summed E-state index contributed by atoms with van der Waals surface area (Å²) >= 11 is 0. The van der Waals surface area contributed by atoms with Crippen LogP contribution in [0.1, 0.15) is 265 Å². The van der Waals surface area contributed by atoms with E-state index in [-0.39, 0.29) is 6.04 Å². The Morgan fingerprint density at radius 1 is 0.388 bits per heavy atom. The van der Waals surface area contributed by atoms with Crippen LogP contribution in [0.2, 0.25) is 0 Å². The van der Waals surface area contributed by atoms with Crippen molar-refractivity contribution in [2.75, 3.05) is 13.1 Å². The predicted molar refractivity (Wildman–Crippen MR) is 220 cm³/mol. The van der Waals surface area contributed by atoms with Crippen LogP contribution in [-0.2, 0) is 4.79 Å². The lowest BCUT2D eigenvalue weighted by atomic mass is 9.88. The molecule has 0 spiro atoms. The van der Waals surface area contributed by atoms with E-state index in [0.717, 1.165) is 25.4 Å². The smallest absolute Gasteiger partial charge is 0.304 e. The maximum atomic E-state index is 11.8. The van der Waals surface area contributed by atoms with Crippen LogP contribution in [0.3, 0.4) is 0 Å². The molecule has 1 N–H and O–H groups in total. The van der Waals surface area contributed by atoms with Crippen molar-refractivity contribution in [3.05, 3.63) is 0 Å². The second-order valence-electron chi connectivity index (χ2n) is 16.2. The van der Waals surface area contributed by atoms with Crippen LogP contribution in [0.15, 0.2) is 0 Å². The Bertz CT molecular complexity index is 629. The lowest BCUT2D eigenvalue weighted by Crippen LogP contribution is -2.38. The molecule has 0 fully saturated rings. The van der Waals surface area contributed by atoms with Gasteiger partial charge in [-0.2, -0.15) is 0 Å². The molecule has 2 atom stereocenters. The van der Waals surface area contributed by atoms with Gasteiger partial charge in [-0.3, -0.25) is 9.69 Å². The standard InChI is InChI=1S/C46H93NO2/c1-5-9-13-15-17-19-21-23-25-27-29-31-33-35-38-44(37-34-32-30-28-26-24-22-20-18-16-14-10-6-2)39-36-40-45(43-46(48)49)47(41-11-7-3)42-12-8-4/h44-45H,5-43H2,1-4H3,(H,48,49). The van der Waals surface area contributed by atoms with E-state index < -0.39 is 5.97 Å². The number of rotatable bonds is 42. The minimum absolute atomic E-state index is 0.216. The molecule has 3 heteroatoms. The zero-order chi connectivity index (χ0) is 35.9. The molecule has 0 aliphatic rings. The Morgan fingerprint density at radius 2 is 0.673 bits per heavy atom. The summed E-state index contributed by atoms with van der Waals surface area (Å²) in [7, 11) is 0. The van der Waals surface area contributed by atoms with Crippen molar-refractivity contribution >= 4 is 5.97 Å². The lowest BCUT2D eigenvalue weighted by Gasteiger charge is -2.31. The van der Waals surface area contributed by atoms with Crippen molar-refractivity contribution in [1.29, 1.82) is 0 Å². The molecule has 49 heavy (non-hydrogen) atoms. The summed E-state index contributed by atoms with van der Waals surface area (Å²) in [6, 6.07) is 0.216. The number of hydrogen-bond donors (Lipinski definition) is 1. The van der Waals surface area contributed by atoms with Gasteiger partial charge in [-0.1, -0.05) is 240 Å². The average molecular weight is 692 g/mol. The van der Waals surface area contributed by atoms with Crippen LogP contribution < -0.4 is 0 Å². The summed E-state index contributed by atoms with van der Waals surface area (Å²) in [5.41, 5.74) is 0. The van der Waals surface area contributed by atoms with E-state index in [2.05, 4.69) is 32.6 Å². The van der Waals surface area contributed by atoms with Gasteiger partial charge in [0, 0.05) is 6.04 Å². The minimum atomic E-state index is -0.617. The van der Waals surface area contributed by atoms with Crippen molar-refractivity contribution in [3.8, 4) is 0 Å². The molecule has 0 aromatic rings. The molecule has 2 unspecified atom stereocenters. The number of carboxylic acids is 1. The van der Waals surface area contributed by atoms with Gasteiger partial charge in [0.25, 0.3) is 0 Å². The van der Waals surface area contributed by atoms with Crippen molar-refractivity contribution in [2.24, 2.45) is 5.92 Å². The average Bonchev–Trinajstić information content (AvgIpc) is 3.09. The fraction of sp³-hybridized carbons (Fsp3) is 0.978. The van der Waals surface area contributed by atoms with Crippen molar-refractivity contribution < 1.29 is 9.90 Å². The third kappa shape index (κ3) is 35.6. The number of carbonyl (C=O) groups is 1. The number of aliphatic carboxylic acids is 1. The van der Waals surface area contributed by atoms with Gasteiger partial charge >= 0.3 is 5.97 Å². The molecular formula is C46H93NO2. The highest BCUT2D eigenvalue weighted by Crippen LogP contribution is 2.26. The molecule has 3 nitrogen and oxygen atoms in total. The first-order chi connectivity index (χ1) is 24.1. The summed E-state index contributed by atoms with van der Waals surface area (Å²) < 4.78 is 0. The molecule has 0 aliphatic heterocycles. The first kappa shape index (κ1) is 48.4. The van der Waals surface area contributed by atoms with Gasteiger partial charge in [-0.25, -0.2) is 0 Å². The highest BCUT2D eigenvalue weighted by Gasteiger charge is 2.21. The molecular weight excluding hydrogens is 599 g/mol. The van der Waals surface area contributed by atoms with Gasteiger partial charge in [0.2, 0.25) is 0 Å². The summed E-state index contributed by atoms with van der Waals surface area (Å²) in [6.45, 7) is 11.2. The molecule has 0 aromatic carbocycles. The number of unbranched alkanes of at least 4 members (excludes halogenated alkanes) is 27. The summed E-state index contributed by atoms with van der Waals surface area (Å²) in [5, 5.41) is 9.75. The summed E-state index contributed by atoms with van der Waals surface area (Å²) in [5.74, 6) is 0.226. The molecule has 0 saturated heterocycles. The van der Waals surface area contributed by atoms with E-state index in [4.69, 9.17) is 0 Å². The number of hydrogen-bond acceptors (Lipinski definition) is 2. The van der Waals surface area contributed by atoms with Gasteiger partial charge < -0.3 is 5.11 Å². The largest absolute Gasteiger partial charge is 0.481 e. The van der Waals surface area contributed by atoms with Gasteiger partial charge in [0.1, 0.15) is 0 Å². The Hall–Kier alpha value is -0.570. The third-order valence-corrected chi connectivity index (χ3v) is 11.4. The third-order valence-electron chi connectivity index (χ3n) is 11.4. The highest BCUT2D eigenvalue weighted by molar-refractivity contribution is 5.67. The minimum Gasteiger partial charge on any atom is -0.481 e. The van der Waals surface area contributed by atoms with E-state index in [1.54, 1.807) is 0 Å². The topological polar surface area (TPSA) is 40.5 Å². The summed E-state index contributed by atoms with van der Waals surface area (Å²) in [4.78, 5) is 14.4. The first-order valence-electron chi connectivity index (χ1n) is 23.0. The predicted octanol–water partition coefficient (Wildman–Crippen LogP) is 15.9. The molecule has 0 aliphatic carbocycles. The normalized spacial score (nSPS) is 13.0. The van der Waals surface area contributed by atoms with Crippen molar-refractivity contribution in [1.82, 2.24) is 4.90 Å². The Labute approximate surface area is 310 Å². The Morgan fingerprint density at radius 3 is 0.980 bits per heavy atom. The van der Waals surface area contributed by atoms with E-state index in [1.165, 1.54) is 225 Å². The molecule has 0 rings (SSSR count). The van der Waals surface area contributed by atoms with E-state index >= 15 is 0 Å². The Kier molecular flexibility index (Phi) is 39.7. The number of nitrogens with zero attached hydrogens (tertiary/aromatic N) is 1. The van der Waals surface area contributed by atoms with Crippen LogP contribution in [0.4, 0.5) is 0 Å². The molecule has 0 heterocycles. The van der Waals surface area contributed by atoms with Crippen LogP contribution in [-0.4, -0.2) is 35.1 Å². The zero-order valence-electron chi connectivity index (χ0n) is 34.5. The first-order valence-corrected chi connectivity index (χ1v) is 23.0. The maximum absolute atomic E-state index is 11.8. The lowest BCUT2D eigenvalue weighted by molar-refractivity contribution is -0.138. The Balaban J connectivity index is 4.51. The monoisotopic (exact) mass is 692 g/mol. The second kappa shape index (κ2) is 40.2. The maximum Gasteiger partial charge on any atom is 0.304 e. The second-order valence-corrected chi connectivity index (χ2v) is 16.2. The fourth-order valence-corrected chi connectivity index (χ4v) is 7.97. The van der Waals surface area contributed by atoms with Crippen LogP contribution in [0.5, 0.6) is 0 Å². The SMILES string of the molecule is CCCCCCCCCCCCCCCCC(CCCCCCCCCCCCCCC)CCCC(CC(=O)O)N(CCCC)CCCC. The summed E-state index contributed by atoms with van der Waals surface area (Å²) in [6.07, 6.45) is 50.0. The molecule has 294 valence electrons. The molecule has 0 saturated carbocycles. The van der Waals surface area contributed by atoms with E-state index in [1.807, 2.05) is 0 Å². The molecule has 0 aromatic heterocycles. The van der Waals surface area contributed by atoms with Crippen LogP contribution in [0, 0.1) is 5.92 Å². The highest BCUT2D eigenvalue weighted by atomic mass is 16.4. The fourth-order valence-electron chi connectivity index (χ4n) is 7.97. The molecule has 0 bridgehead atoms. The van der Waals surface area contributed by atoms with Gasteiger partial charge in [0.15, 0.2) is 0 Å². The van der Waals surface area contributed by atoms with Gasteiger partial charge in [-0.15, -0.1) is 0 Å². The van der Waals surface area contributed by atoms with Crippen LogP contribution in [0.25, 0.3) is 0 Å². The molecule has 0 radical (unpaired) electrons. The zero-order valence-corrected chi connectivity index (χ0v) is 34.5. The molecule has 0 amide bonds.